The highest BCUT2D eigenvalue weighted by Gasteiger charge is 2.69. The molecule has 8 nitrogen and oxygen atoms in total. The fraction of sp³-hybridized carbons (Fsp3) is 0.400. The smallest absolute Gasteiger partial charge is 0.305 e. The molecule has 0 spiro atoms. The lowest BCUT2D eigenvalue weighted by Crippen LogP contribution is -2.42. The van der Waals surface area contributed by atoms with E-state index in [1.165, 1.54) is 16.2 Å². The summed E-state index contributed by atoms with van der Waals surface area (Å²) in [5, 5.41) is 10.1. The third-order valence-corrected chi connectivity index (χ3v) is 11.7. The summed E-state index contributed by atoms with van der Waals surface area (Å²) in [6.45, 7) is 2.38. The number of carboxylic acid groups (broad SMARTS) is 1. The summed E-state index contributed by atoms with van der Waals surface area (Å²) in [6.07, 6.45) is 0.532. The van der Waals surface area contributed by atoms with Gasteiger partial charge >= 0.3 is 10.8 Å². The Labute approximate surface area is 238 Å². The molecule has 6 unspecified atom stereocenters. The maximum absolute atomic E-state index is 13.5. The number of carbonyl (C=O) groups is 3. The van der Waals surface area contributed by atoms with Crippen LogP contribution in [0.4, 0.5) is 0 Å². The first-order valence-electron chi connectivity index (χ1n) is 13.6. The van der Waals surface area contributed by atoms with E-state index in [0.29, 0.717) is 6.61 Å². The van der Waals surface area contributed by atoms with Crippen LogP contribution in [0.1, 0.15) is 40.3 Å². The predicted molar refractivity (Wildman–Crippen MR) is 149 cm³/mol. The minimum absolute atomic E-state index is 0.00398. The van der Waals surface area contributed by atoms with Crippen LogP contribution < -0.4 is 9.61 Å². The molecule has 2 aliphatic carbocycles. The van der Waals surface area contributed by atoms with Gasteiger partial charge in [-0.3, -0.25) is 24.1 Å². The molecule has 3 fully saturated rings. The second kappa shape index (κ2) is 9.62. The summed E-state index contributed by atoms with van der Waals surface area (Å²) in [7, 11) is 0. The van der Waals surface area contributed by atoms with E-state index in [2.05, 4.69) is 17.1 Å². The SMILES string of the molecule is Cc1cccc(COc2ccccc2[C@H]2c3sc(=O)[nH]c3SC3C4CC(C5C(=O)N(CCC(=O)O)C(=O)C45)C32)c1. The van der Waals surface area contributed by atoms with Crippen LogP contribution in [-0.4, -0.2) is 44.6 Å². The number of aliphatic carboxylic acids is 1. The van der Waals surface area contributed by atoms with E-state index in [4.69, 9.17) is 9.84 Å². The Balaban J connectivity index is 1.26. The lowest BCUT2D eigenvalue weighted by Gasteiger charge is -2.43. The van der Waals surface area contributed by atoms with Gasteiger partial charge in [-0.1, -0.05) is 59.4 Å². The number of fused-ring (bicyclic) bond motifs is 9. The molecule has 2 saturated carbocycles. The number of para-hydroxylation sites is 1. The van der Waals surface area contributed by atoms with E-state index in [9.17, 15) is 19.2 Å². The van der Waals surface area contributed by atoms with E-state index < -0.39 is 17.8 Å². The van der Waals surface area contributed by atoms with Gasteiger partial charge in [-0.15, -0.1) is 11.8 Å². The van der Waals surface area contributed by atoms with E-state index in [1.54, 1.807) is 11.8 Å². The fourth-order valence-electron chi connectivity index (χ4n) is 7.69. The van der Waals surface area contributed by atoms with Crippen LogP contribution in [0.3, 0.4) is 0 Å². The number of carbonyl (C=O) groups excluding carboxylic acids is 2. The number of amides is 2. The maximum Gasteiger partial charge on any atom is 0.305 e. The van der Waals surface area contributed by atoms with Gasteiger partial charge in [0.15, 0.2) is 0 Å². The standard InChI is InChI=1S/C30H28N2O6S2/c1-14-5-4-6-15(11-14)13-38-19-8-3-2-7-16(19)21-22-17-12-18(25(22)39-27-26(21)40-30(37)31-27)24-23(17)28(35)32(29(24)36)10-9-20(33)34/h2-8,11,17-18,21-25H,9-10,12-13H2,1H3,(H,31,37)(H,33,34)/t17?,18?,21-,22?,23?,24?,25?/m1/s1. The highest BCUT2D eigenvalue weighted by molar-refractivity contribution is 8.00. The first kappa shape index (κ1) is 25.6. The number of hydrogen-bond donors (Lipinski definition) is 2. The van der Waals surface area contributed by atoms with Crippen molar-refractivity contribution in [2.45, 2.75) is 42.6 Å². The fourth-order valence-corrected chi connectivity index (χ4v) is 10.6. The van der Waals surface area contributed by atoms with Crippen molar-refractivity contribution in [2.75, 3.05) is 6.54 Å². The average molecular weight is 577 g/mol. The first-order valence-corrected chi connectivity index (χ1v) is 15.3. The number of thioether (sulfide) groups is 1. The summed E-state index contributed by atoms with van der Waals surface area (Å²) in [4.78, 5) is 55.8. The largest absolute Gasteiger partial charge is 0.489 e. The summed E-state index contributed by atoms with van der Waals surface area (Å²) < 4.78 is 6.40. The molecule has 7 atom stereocenters. The van der Waals surface area contributed by atoms with Gasteiger partial charge in [0.25, 0.3) is 0 Å². The molecule has 2 amide bonds. The van der Waals surface area contributed by atoms with Crippen molar-refractivity contribution in [3.8, 4) is 5.75 Å². The first-order chi connectivity index (χ1) is 19.3. The van der Waals surface area contributed by atoms with E-state index in [-0.39, 0.29) is 58.6 Å². The number of nitrogens with zero attached hydrogens (tertiary/aromatic N) is 1. The molecule has 2 aliphatic heterocycles. The molecule has 1 aromatic heterocycles. The van der Waals surface area contributed by atoms with Crippen LogP contribution in [0, 0.1) is 36.5 Å². The quantitative estimate of drug-likeness (QED) is 0.404. The number of aromatic nitrogens is 1. The Morgan fingerprint density at radius 2 is 1.85 bits per heavy atom. The Bertz CT molecular complexity index is 1600. The Morgan fingerprint density at radius 3 is 2.62 bits per heavy atom. The number of H-pyrrole nitrogens is 1. The van der Waals surface area contributed by atoms with Crippen molar-refractivity contribution in [3.63, 3.8) is 0 Å². The van der Waals surface area contributed by atoms with E-state index >= 15 is 0 Å². The van der Waals surface area contributed by atoms with Crippen LogP contribution in [0.5, 0.6) is 5.75 Å². The number of hydrogen-bond acceptors (Lipinski definition) is 7. The molecule has 10 heteroatoms. The van der Waals surface area contributed by atoms with Gasteiger partial charge in [-0.05, 0) is 42.7 Å². The molecule has 2 N–H and O–H groups in total. The number of rotatable bonds is 7. The highest BCUT2D eigenvalue weighted by atomic mass is 32.2. The van der Waals surface area contributed by atoms with Gasteiger partial charge in [-0.25, -0.2) is 0 Å². The molecule has 206 valence electrons. The van der Waals surface area contributed by atoms with Crippen molar-refractivity contribution in [3.05, 3.63) is 79.8 Å². The number of aromatic amines is 1. The third kappa shape index (κ3) is 3.95. The Hall–Kier alpha value is -3.37. The van der Waals surface area contributed by atoms with Crippen molar-refractivity contribution >= 4 is 40.9 Å². The van der Waals surface area contributed by atoms with Gasteiger partial charge < -0.3 is 14.8 Å². The summed E-state index contributed by atoms with van der Waals surface area (Å²) >= 11 is 2.86. The summed E-state index contributed by atoms with van der Waals surface area (Å²) in [5.74, 6) is -1.72. The van der Waals surface area contributed by atoms with Crippen molar-refractivity contribution in [2.24, 2.45) is 29.6 Å². The second-order valence-corrected chi connectivity index (χ2v) is 13.5. The zero-order valence-corrected chi connectivity index (χ0v) is 23.4. The Kier molecular flexibility index (Phi) is 6.16. The molecule has 2 bridgehead atoms. The lowest BCUT2D eigenvalue weighted by molar-refractivity contribution is -0.142. The van der Waals surface area contributed by atoms with E-state index in [0.717, 1.165) is 38.8 Å². The summed E-state index contributed by atoms with van der Waals surface area (Å²) in [5.41, 5.74) is 3.22. The topological polar surface area (TPSA) is 117 Å². The van der Waals surface area contributed by atoms with Crippen LogP contribution in [-0.2, 0) is 21.0 Å². The molecule has 3 heterocycles. The molecule has 7 rings (SSSR count). The Morgan fingerprint density at radius 1 is 1.07 bits per heavy atom. The lowest BCUT2D eigenvalue weighted by atomic mass is 9.68. The average Bonchev–Trinajstić information content (AvgIpc) is 3.66. The minimum Gasteiger partial charge on any atom is -0.489 e. The van der Waals surface area contributed by atoms with Gasteiger partial charge in [0, 0.05) is 28.2 Å². The number of likely N-dealkylation sites (tertiary alicyclic amines) is 1. The van der Waals surface area contributed by atoms with Crippen LogP contribution >= 0.6 is 23.1 Å². The molecular weight excluding hydrogens is 548 g/mol. The molecule has 1 saturated heterocycles. The number of aryl methyl sites for hydroxylation is 1. The minimum atomic E-state index is -1.03. The van der Waals surface area contributed by atoms with Gasteiger partial charge in [0.1, 0.15) is 12.4 Å². The summed E-state index contributed by atoms with van der Waals surface area (Å²) in [6, 6.07) is 16.1. The number of nitrogens with one attached hydrogen (secondary N) is 1. The molecular formula is C30H28N2O6S2. The van der Waals surface area contributed by atoms with Crippen molar-refractivity contribution in [1.82, 2.24) is 9.88 Å². The van der Waals surface area contributed by atoms with Gasteiger partial charge in [0.05, 0.1) is 23.3 Å². The zero-order valence-electron chi connectivity index (χ0n) is 21.7. The van der Waals surface area contributed by atoms with Crippen LogP contribution in [0.15, 0.2) is 58.4 Å². The van der Waals surface area contributed by atoms with Crippen LogP contribution in [0.2, 0.25) is 0 Å². The molecule has 3 aromatic rings. The molecule has 40 heavy (non-hydrogen) atoms. The van der Waals surface area contributed by atoms with Crippen molar-refractivity contribution in [1.29, 1.82) is 0 Å². The van der Waals surface area contributed by atoms with Gasteiger partial charge in [-0.2, -0.15) is 0 Å². The number of benzene rings is 2. The third-order valence-electron chi connectivity index (χ3n) is 9.10. The van der Waals surface area contributed by atoms with Crippen molar-refractivity contribution < 1.29 is 24.2 Å². The highest BCUT2D eigenvalue weighted by Crippen LogP contribution is 2.69. The molecule has 0 radical (unpaired) electrons. The molecule has 2 aromatic carbocycles. The predicted octanol–water partition coefficient (Wildman–Crippen LogP) is 4.27. The number of imide groups is 1. The second-order valence-electron chi connectivity index (χ2n) is 11.2. The zero-order chi connectivity index (χ0) is 27.7. The number of ether oxygens (including phenoxy) is 1. The monoisotopic (exact) mass is 576 g/mol. The number of thiazole rings is 1. The van der Waals surface area contributed by atoms with Crippen LogP contribution in [0.25, 0.3) is 0 Å². The van der Waals surface area contributed by atoms with Gasteiger partial charge in [0.2, 0.25) is 11.8 Å². The number of carboxylic acids is 1. The normalized spacial score (nSPS) is 29.8. The maximum atomic E-state index is 13.5. The van der Waals surface area contributed by atoms with E-state index in [1.807, 2.05) is 43.3 Å². The molecule has 4 aliphatic rings.